The fraction of sp³-hybridized carbons (Fsp3) is 0.333. The van der Waals surface area contributed by atoms with Crippen LogP contribution in [0.2, 0.25) is 5.02 Å². The number of hydrogen-bond acceptors (Lipinski definition) is 4. The Morgan fingerprint density at radius 3 is 2.52 bits per heavy atom. The second kappa shape index (κ2) is 7.68. The highest BCUT2D eigenvalue weighted by molar-refractivity contribution is 6.31. The lowest BCUT2D eigenvalue weighted by atomic mass is 10.1. The maximum absolute atomic E-state index is 9.39. The molecule has 0 aromatic heterocycles. The van der Waals surface area contributed by atoms with Gasteiger partial charge in [0.05, 0.1) is 13.2 Å². The summed E-state index contributed by atoms with van der Waals surface area (Å²) < 4.78 is 11.2. The largest absolute Gasteiger partial charge is 0.508 e. The SMILES string of the molecule is Oc1ccc(-c2cc(Cl)cc(OCCN3CCOCC3)c2)cc1. The highest BCUT2D eigenvalue weighted by atomic mass is 35.5. The van der Waals surface area contributed by atoms with Crippen LogP contribution in [0.4, 0.5) is 0 Å². The van der Waals surface area contributed by atoms with E-state index in [4.69, 9.17) is 21.1 Å². The number of morpholine rings is 1. The summed E-state index contributed by atoms with van der Waals surface area (Å²) in [5, 5.41) is 10.0. The summed E-state index contributed by atoms with van der Waals surface area (Å²) in [6.45, 7) is 5.00. The van der Waals surface area contributed by atoms with Gasteiger partial charge in [0.1, 0.15) is 18.1 Å². The van der Waals surface area contributed by atoms with Gasteiger partial charge in [0.2, 0.25) is 0 Å². The van der Waals surface area contributed by atoms with Gasteiger partial charge in [0.15, 0.2) is 0 Å². The topological polar surface area (TPSA) is 41.9 Å². The van der Waals surface area contributed by atoms with E-state index in [2.05, 4.69) is 4.90 Å². The Hall–Kier alpha value is -1.75. The normalized spacial score (nSPS) is 15.5. The van der Waals surface area contributed by atoms with Gasteiger partial charge in [-0.2, -0.15) is 0 Å². The molecular weight excluding hydrogens is 314 g/mol. The fourth-order valence-corrected chi connectivity index (χ4v) is 2.81. The van der Waals surface area contributed by atoms with Gasteiger partial charge < -0.3 is 14.6 Å². The average Bonchev–Trinajstić information content (AvgIpc) is 2.56. The van der Waals surface area contributed by atoms with Crippen LogP contribution in [0.25, 0.3) is 11.1 Å². The molecule has 122 valence electrons. The molecule has 0 spiro atoms. The van der Waals surface area contributed by atoms with Gasteiger partial charge in [-0.1, -0.05) is 23.7 Å². The fourth-order valence-electron chi connectivity index (χ4n) is 2.58. The Morgan fingerprint density at radius 2 is 1.78 bits per heavy atom. The molecule has 3 rings (SSSR count). The lowest BCUT2D eigenvalue weighted by Gasteiger charge is -2.26. The summed E-state index contributed by atoms with van der Waals surface area (Å²) >= 11 is 6.20. The van der Waals surface area contributed by atoms with Crippen LogP contribution in [-0.2, 0) is 4.74 Å². The third-order valence-electron chi connectivity index (χ3n) is 3.85. The molecule has 0 unspecified atom stereocenters. The van der Waals surface area contributed by atoms with Crippen molar-refractivity contribution in [1.29, 1.82) is 0 Å². The van der Waals surface area contributed by atoms with E-state index in [1.165, 1.54) is 0 Å². The van der Waals surface area contributed by atoms with Crippen LogP contribution in [0.5, 0.6) is 11.5 Å². The van der Waals surface area contributed by atoms with Crippen LogP contribution in [0.3, 0.4) is 0 Å². The summed E-state index contributed by atoms with van der Waals surface area (Å²) in [6.07, 6.45) is 0. The highest BCUT2D eigenvalue weighted by Gasteiger charge is 2.10. The Morgan fingerprint density at radius 1 is 1.04 bits per heavy atom. The third-order valence-corrected chi connectivity index (χ3v) is 4.07. The summed E-state index contributed by atoms with van der Waals surface area (Å²) in [5.74, 6) is 1.01. The molecule has 5 heteroatoms. The van der Waals surface area contributed by atoms with Crippen molar-refractivity contribution >= 4 is 11.6 Å². The van der Waals surface area contributed by atoms with Crippen LogP contribution >= 0.6 is 11.6 Å². The summed E-state index contributed by atoms with van der Waals surface area (Å²) in [4.78, 5) is 2.33. The Balaban J connectivity index is 1.64. The van der Waals surface area contributed by atoms with Gasteiger partial charge in [0.25, 0.3) is 0 Å². The maximum Gasteiger partial charge on any atom is 0.121 e. The first kappa shape index (κ1) is 16.1. The first-order valence-corrected chi connectivity index (χ1v) is 8.11. The van der Waals surface area contributed by atoms with Crippen LogP contribution in [0.15, 0.2) is 42.5 Å². The molecule has 0 amide bonds. The molecule has 1 heterocycles. The van der Waals surface area contributed by atoms with Gasteiger partial charge in [-0.05, 0) is 41.5 Å². The number of hydrogen-bond donors (Lipinski definition) is 1. The molecule has 2 aromatic rings. The maximum atomic E-state index is 9.39. The van der Waals surface area contributed by atoms with E-state index in [0.717, 1.165) is 49.7 Å². The number of rotatable bonds is 5. The Bertz CT molecular complexity index is 639. The molecule has 1 fully saturated rings. The first-order valence-electron chi connectivity index (χ1n) is 7.73. The lowest BCUT2D eigenvalue weighted by Crippen LogP contribution is -2.38. The second-order valence-corrected chi connectivity index (χ2v) is 5.96. The number of aromatic hydroxyl groups is 1. The van der Waals surface area contributed by atoms with Gasteiger partial charge in [-0.15, -0.1) is 0 Å². The van der Waals surface area contributed by atoms with Crippen LogP contribution in [-0.4, -0.2) is 49.5 Å². The zero-order valence-electron chi connectivity index (χ0n) is 12.9. The smallest absolute Gasteiger partial charge is 0.121 e. The molecular formula is C18H20ClNO3. The van der Waals surface area contributed by atoms with Crippen molar-refractivity contribution in [3.05, 3.63) is 47.5 Å². The molecule has 1 aliphatic heterocycles. The van der Waals surface area contributed by atoms with Gasteiger partial charge in [-0.25, -0.2) is 0 Å². The molecule has 23 heavy (non-hydrogen) atoms. The number of ether oxygens (including phenoxy) is 2. The summed E-state index contributed by atoms with van der Waals surface area (Å²) in [7, 11) is 0. The number of halogens is 1. The molecule has 0 aliphatic carbocycles. The van der Waals surface area contributed by atoms with E-state index in [0.29, 0.717) is 11.6 Å². The van der Waals surface area contributed by atoms with E-state index in [-0.39, 0.29) is 5.75 Å². The molecule has 0 bridgehead atoms. The van der Waals surface area contributed by atoms with Crippen molar-refractivity contribution in [2.75, 3.05) is 39.5 Å². The van der Waals surface area contributed by atoms with Crippen LogP contribution in [0, 0.1) is 0 Å². The van der Waals surface area contributed by atoms with Crippen molar-refractivity contribution in [3.8, 4) is 22.6 Å². The molecule has 0 atom stereocenters. The third kappa shape index (κ3) is 4.61. The van der Waals surface area contributed by atoms with Crippen molar-refractivity contribution < 1.29 is 14.6 Å². The minimum Gasteiger partial charge on any atom is -0.508 e. The van der Waals surface area contributed by atoms with Gasteiger partial charge in [0, 0.05) is 24.7 Å². The van der Waals surface area contributed by atoms with Crippen LogP contribution < -0.4 is 4.74 Å². The van der Waals surface area contributed by atoms with Crippen molar-refractivity contribution in [3.63, 3.8) is 0 Å². The minimum absolute atomic E-state index is 0.248. The molecule has 1 saturated heterocycles. The van der Waals surface area contributed by atoms with E-state index in [1.54, 1.807) is 12.1 Å². The molecule has 0 radical (unpaired) electrons. The zero-order chi connectivity index (χ0) is 16.1. The zero-order valence-corrected chi connectivity index (χ0v) is 13.6. The predicted molar refractivity (Wildman–Crippen MR) is 91.3 cm³/mol. The van der Waals surface area contributed by atoms with Crippen LogP contribution in [0.1, 0.15) is 0 Å². The number of phenolic OH excluding ortho intramolecular Hbond substituents is 1. The molecule has 2 aromatic carbocycles. The minimum atomic E-state index is 0.248. The summed E-state index contributed by atoms with van der Waals surface area (Å²) in [6, 6.07) is 12.7. The standard InChI is InChI=1S/C18H20ClNO3/c19-16-11-15(14-1-3-17(21)4-2-14)12-18(13-16)23-10-7-20-5-8-22-9-6-20/h1-4,11-13,21H,5-10H2. The molecule has 1 aliphatic rings. The highest BCUT2D eigenvalue weighted by Crippen LogP contribution is 2.29. The number of nitrogens with zero attached hydrogens (tertiary/aromatic N) is 1. The Kier molecular flexibility index (Phi) is 5.39. The van der Waals surface area contributed by atoms with Crippen molar-refractivity contribution in [2.24, 2.45) is 0 Å². The quantitative estimate of drug-likeness (QED) is 0.910. The van der Waals surface area contributed by atoms with E-state index >= 15 is 0 Å². The van der Waals surface area contributed by atoms with Gasteiger partial charge >= 0.3 is 0 Å². The van der Waals surface area contributed by atoms with Crippen molar-refractivity contribution in [1.82, 2.24) is 4.90 Å². The van der Waals surface area contributed by atoms with E-state index < -0.39 is 0 Å². The lowest BCUT2D eigenvalue weighted by molar-refractivity contribution is 0.0322. The predicted octanol–water partition coefficient (Wildman–Crippen LogP) is 3.42. The average molecular weight is 334 g/mol. The monoisotopic (exact) mass is 333 g/mol. The molecule has 4 nitrogen and oxygen atoms in total. The van der Waals surface area contributed by atoms with E-state index in [9.17, 15) is 5.11 Å². The van der Waals surface area contributed by atoms with Gasteiger partial charge in [-0.3, -0.25) is 4.90 Å². The molecule has 0 saturated carbocycles. The Labute approximate surface area is 141 Å². The number of benzene rings is 2. The summed E-state index contributed by atoms with van der Waals surface area (Å²) in [5.41, 5.74) is 1.96. The number of phenols is 1. The van der Waals surface area contributed by atoms with E-state index in [1.807, 2.05) is 30.3 Å². The first-order chi connectivity index (χ1) is 11.2. The second-order valence-electron chi connectivity index (χ2n) is 5.52. The van der Waals surface area contributed by atoms with Crippen molar-refractivity contribution in [2.45, 2.75) is 0 Å². The molecule has 1 N–H and O–H groups in total.